The first-order chi connectivity index (χ1) is 19.9. The number of anilines is 2. The largest absolute Gasteiger partial charge is 0.378 e. The maximum atomic E-state index is 5.06. The molecule has 0 saturated carbocycles. The Morgan fingerprint density at radius 2 is 1.20 bits per heavy atom. The molecular formula is C38H39N3. The van der Waals surface area contributed by atoms with Crippen LogP contribution >= 0.6 is 0 Å². The van der Waals surface area contributed by atoms with Crippen LogP contribution in [-0.4, -0.2) is 40.4 Å². The zero-order valence-electron chi connectivity index (χ0n) is 24.6. The fraction of sp³-hybridized carbons (Fsp3) is 0.184. The lowest BCUT2D eigenvalue weighted by atomic mass is 9.83. The molecule has 0 aromatic heterocycles. The maximum Gasteiger partial charge on any atom is 0.0653 e. The fourth-order valence-electron chi connectivity index (χ4n) is 5.28. The smallest absolute Gasteiger partial charge is 0.0653 e. The van der Waals surface area contributed by atoms with Gasteiger partial charge in [-0.05, 0) is 82.1 Å². The molecule has 0 bridgehead atoms. The highest BCUT2D eigenvalue weighted by Crippen LogP contribution is 2.38. The minimum absolute atomic E-state index is 0.749. The number of hydrogen-bond donors (Lipinski definition) is 0. The van der Waals surface area contributed by atoms with E-state index in [0.29, 0.717) is 0 Å². The maximum absolute atomic E-state index is 5.06. The van der Waals surface area contributed by atoms with E-state index in [0.717, 1.165) is 25.1 Å². The van der Waals surface area contributed by atoms with Crippen molar-refractivity contribution >= 4 is 28.2 Å². The first-order valence-electron chi connectivity index (χ1n) is 14.3. The number of aliphatic imine (C=N–C) groups is 1. The van der Waals surface area contributed by atoms with Crippen LogP contribution in [0.15, 0.2) is 127 Å². The zero-order valence-corrected chi connectivity index (χ0v) is 24.6. The SMILES string of the molecule is C=CCc1ccc(CCN=C2C=CC(=C(c3ccc(N(C)C)cc3)c3ccc(N(C)C)cc3)c3ccccc32)cc1. The Balaban J connectivity index is 1.53. The van der Waals surface area contributed by atoms with E-state index in [1.54, 1.807) is 0 Å². The van der Waals surface area contributed by atoms with Crippen LogP contribution in [0, 0.1) is 0 Å². The van der Waals surface area contributed by atoms with Crippen LogP contribution in [0.5, 0.6) is 0 Å². The van der Waals surface area contributed by atoms with Gasteiger partial charge in [0.1, 0.15) is 0 Å². The summed E-state index contributed by atoms with van der Waals surface area (Å²) in [5.74, 6) is 0. The van der Waals surface area contributed by atoms with E-state index in [1.807, 2.05) is 6.08 Å². The fourth-order valence-corrected chi connectivity index (χ4v) is 5.28. The topological polar surface area (TPSA) is 18.8 Å². The van der Waals surface area contributed by atoms with Crippen molar-refractivity contribution in [1.29, 1.82) is 0 Å². The van der Waals surface area contributed by atoms with E-state index in [-0.39, 0.29) is 0 Å². The second kappa shape index (κ2) is 12.7. The molecule has 0 heterocycles. The quantitative estimate of drug-likeness (QED) is 0.201. The van der Waals surface area contributed by atoms with Crippen molar-refractivity contribution in [3.8, 4) is 0 Å². The standard InChI is InChI=1S/C38H39N3/c1-6-9-28-12-14-29(15-13-28)26-27-39-37-25-24-36(34-10-7-8-11-35(34)37)38(30-16-20-32(21-17-30)40(2)3)31-18-22-33(23-19-31)41(4)5/h6-8,10-25H,1,9,26-27H2,2-5H3. The summed E-state index contributed by atoms with van der Waals surface area (Å²) in [6, 6.07) is 35.2. The van der Waals surface area contributed by atoms with E-state index in [9.17, 15) is 0 Å². The van der Waals surface area contributed by atoms with Gasteiger partial charge >= 0.3 is 0 Å². The van der Waals surface area contributed by atoms with E-state index in [4.69, 9.17) is 4.99 Å². The summed E-state index contributed by atoms with van der Waals surface area (Å²) in [7, 11) is 8.31. The number of nitrogens with zero attached hydrogens (tertiary/aromatic N) is 3. The third kappa shape index (κ3) is 6.41. The molecule has 4 aromatic rings. The second-order valence-corrected chi connectivity index (χ2v) is 10.9. The van der Waals surface area contributed by atoms with Crippen molar-refractivity contribution < 1.29 is 0 Å². The van der Waals surface area contributed by atoms with Crippen LogP contribution in [0.25, 0.3) is 11.1 Å². The van der Waals surface area contributed by atoms with Gasteiger partial charge in [0.2, 0.25) is 0 Å². The minimum atomic E-state index is 0.749. The molecule has 3 nitrogen and oxygen atoms in total. The molecule has 0 amide bonds. The Bertz CT molecular complexity index is 1530. The molecule has 3 heteroatoms. The number of fused-ring (bicyclic) bond motifs is 1. The van der Waals surface area contributed by atoms with Crippen molar-refractivity contribution in [3.05, 3.63) is 155 Å². The lowest BCUT2D eigenvalue weighted by Gasteiger charge is -2.22. The first kappa shape index (κ1) is 27.9. The van der Waals surface area contributed by atoms with Crippen LogP contribution in [0.3, 0.4) is 0 Å². The van der Waals surface area contributed by atoms with Crippen LogP contribution in [0.2, 0.25) is 0 Å². The molecule has 4 aromatic carbocycles. The van der Waals surface area contributed by atoms with E-state index < -0.39 is 0 Å². The summed E-state index contributed by atoms with van der Waals surface area (Å²) in [6.45, 7) is 4.59. The lowest BCUT2D eigenvalue weighted by Crippen LogP contribution is -2.10. The molecule has 1 aliphatic carbocycles. The average Bonchev–Trinajstić information content (AvgIpc) is 2.99. The highest BCUT2D eigenvalue weighted by molar-refractivity contribution is 6.19. The molecule has 0 saturated heterocycles. The molecule has 0 atom stereocenters. The van der Waals surface area contributed by atoms with Crippen LogP contribution in [-0.2, 0) is 12.8 Å². The lowest BCUT2D eigenvalue weighted by molar-refractivity contribution is 0.967. The Kier molecular flexibility index (Phi) is 8.64. The normalized spacial score (nSPS) is 13.2. The summed E-state index contributed by atoms with van der Waals surface area (Å²) >= 11 is 0. The van der Waals surface area contributed by atoms with E-state index in [2.05, 4.69) is 154 Å². The monoisotopic (exact) mass is 537 g/mol. The van der Waals surface area contributed by atoms with Gasteiger partial charge in [-0.2, -0.15) is 0 Å². The number of benzene rings is 4. The van der Waals surface area contributed by atoms with E-state index >= 15 is 0 Å². The van der Waals surface area contributed by atoms with Gasteiger partial charge in [-0.25, -0.2) is 0 Å². The van der Waals surface area contributed by atoms with Gasteiger partial charge in [-0.15, -0.1) is 6.58 Å². The summed E-state index contributed by atoms with van der Waals surface area (Å²) in [4.78, 5) is 9.33. The number of hydrogen-bond acceptors (Lipinski definition) is 3. The molecule has 206 valence electrons. The zero-order chi connectivity index (χ0) is 28.8. The third-order valence-corrected chi connectivity index (χ3v) is 7.60. The molecule has 1 aliphatic rings. The Hall–Kier alpha value is -4.63. The van der Waals surface area contributed by atoms with Crippen molar-refractivity contribution in [1.82, 2.24) is 0 Å². The van der Waals surface area contributed by atoms with Crippen molar-refractivity contribution in [2.24, 2.45) is 4.99 Å². The Labute approximate surface area is 245 Å². The molecular weight excluding hydrogens is 498 g/mol. The van der Waals surface area contributed by atoms with Gasteiger partial charge in [0.15, 0.2) is 0 Å². The van der Waals surface area contributed by atoms with Gasteiger partial charge in [-0.3, -0.25) is 4.99 Å². The molecule has 0 unspecified atom stereocenters. The molecule has 5 rings (SSSR count). The molecule has 0 aliphatic heterocycles. The van der Waals surface area contributed by atoms with Gasteiger partial charge in [-0.1, -0.05) is 84.9 Å². The molecule has 41 heavy (non-hydrogen) atoms. The molecule has 0 N–H and O–H groups in total. The predicted molar refractivity (Wildman–Crippen MR) is 178 cm³/mol. The van der Waals surface area contributed by atoms with Crippen LogP contribution in [0.4, 0.5) is 11.4 Å². The van der Waals surface area contributed by atoms with Crippen molar-refractivity contribution in [2.75, 3.05) is 44.5 Å². The Morgan fingerprint density at radius 1 is 0.659 bits per heavy atom. The van der Waals surface area contributed by atoms with Crippen molar-refractivity contribution in [3.63, 3.8) is 0 Å². The average molecular weight is 538 g/mol. The highest BCUT2D eigenvalue weighted by atomic mass is 15.1. The Morgan fingerprint density at radius 3 is 1.73 bits per heavy atom. The molecule has 0 spiro atoms. The van der Waals surface area contributed by atoms with Crippen LogP contribution < -0.4 is 9.80 Å². The van der Waals surface area contributed by atoms with Crippen LogP contribution in [0.1, 0.15) is 33.4 Å². The summed E-state index contributed by atoms with van der Waals surface area (Å²) in [5, 5.41) is 0. The summed E-state index contributed by atoms with van der Waals surface area (Å²) < 4.78 is 0. The third-order valence-electron chi connectivity index (χ3n) is 7.60. The minimum Gasteiger partial charge on any atom is -0.378 e. The predicted octanol–water partition coefficient (Wildman–Crippen LogP) is 8.11. The van der Waals surface area contributed by atoms with Gasteiger partial charge in [0.05, 0.1) is 5.71 Å². The first-order valence-corrected chi connectivity index (χ1v) is 14.3. The summed E-state index contributed by atoms with van der Waals surface area (Å²) in [6.07, 6.45) is 8.20. The van der Waals surface area contributed by atoms with Gasteiger partial charge < -0.3 is 9.80 Å². The van der Waals surface area contributed by atoms with Gasteiger partial charge in [0, 0.05) is 51.7 Å². The number of rotatable bonds is 9. The van der Waals surface area contributed by atoms with E-state index in [1.165, 1.54) is 55.9 Å². The number of allylic oxidation sites excluding steroid dienone is 4. The second-order valence-electron chi connectivity index (χ2n) is 10.9. The van der Waals surface area contributed by atoms with Crippen molar-refractivity contribution in [2.45, 2.75) is 12.8 Å². The highest BCUT2D eigenvalue weighted by Gasteiger charge is 2.20. The van der Waals surface area contributed by atoms with Gasteiger partial charge in [0.25, 0.3) is 0 Å². The molecule has 0 radical (unpaired) electrons. The summed E-state index contributed by atoms with van der Waals surface area (Å²) in [5.41, 5.74) is 13.2. The molecule has 0 fully saturated rings.